The van der Waals surface area contributed by atoms with Gasteiger partial charge in [-0.15, -0.1) is 0 Å². The molecule has 0 radical (unpaired) electrons. The van der Waals surface area contributed by atoms with E-state index in [2.05, 4.69) is 10.2 Å². The number of hydrogen-bond donors (Lipinski definition) is 1. The molecule has 0 bridgehead atoms. The summed E-state index contributed by atoms with van der Waals surface area (Å²) in [4.78, 5) is 26.9. The van der Waals surface area contributed by atoms with Crippen LogP contribution in [0.25, 0.3) is 0 Å². The van der Waals surface area contributed by atoms with Crippen molar-refractivity contribution in [2.75, 3.05) is 38.2 Å². The maximum Gasteiger partial charge on any atom is 0.338 e. The smallest absolute Gasteiger partial charge is 0.338 e. The Bertz CT molecular complexity index is 1130. The van der Waals surface area contributed by atoms with E-state index >= 15 is 0 Å². The lowest BCUT2D eigenvalue weighted by Crippen LogP contribution is -2.35. The van der Waals surface area contributed by atoms with Gasteiger partial charge in [0.25, 0.3) is 5.91 Å². The highest BCUT2D eigenvalue weighted by Gasteiger charge is 2.13. The van der Waals surface area contributed by atoms with E-state index in [1.54, 1.807) is 30.3 Å². The fourth-order valence-electron chi connectivity index (χ4n) is 3.58. The number of nitrogens with one attached hydrogen (secondary N) is 1. The van der Waals surface area contributed by atoms with Gasteiger partial charge in [-0.25, -0.2) is 9.18 Å². The second-order valence-corrected chi connectivity index (χ2v) is 8.15. The zero-order valence-corrected chi connectivity index (χ0v) is 19.2. The lowest BCUT2D eigenvalue weighted by Gasteiger charge is -2.26. The van der Waals surface area contributed by atoms with Gasteiger partial charge in [-0.3, -0.25) is 9.69 Å². The van der Waals surface area contributed by atoms with Gasteiger partial charge in [0, 0.05) is 25.3 Å². The molecule has 1 amide bonds. The molecule has 0 unspecified atom stereocenters. The van der Waals surface area contributed by atoms with E-state index in [0.717, 1.165) is 44.0 Å². The lowest BCUT2D eigenvalue weighted by atomic mass is 10.2. The molecule has 0 atom stereocenters. The number of rotatable bonds is 9. The zero-order valence-electron chi connectivity index (χ0n) is 19.2. The number of anilines is 1. The maximum absolute atomic E-state index is 13.0. The number of ether oxygens (including phenoxy) is 3. The van der Waals surface area contributed by atoms with Crippen molar-refractivity contribution < 1.29 is 28.2 Å². The average Bonchev–Trinajstić information content (AvgIpc) is 2.89. The molecule has 7 nitrogen and oxygen atoms in total. The molecule has 1 heterocycles. The van der Waals surface area contributed by atoms with Crippen molar-refractivity contribution in [1.29, 1.82) is 0 Å². The van der Waals surface area contributed by atoms with Crippen molar-refractivity contribution >= 4 is 17.6 Å². The molecule has 1 saturated heterocycles. The van der Waals surface area contributed by atoms with Crippen LogP contribution in [0.5, 0.6) is 5.75 Å². The number of hydrogen-bond acceptors (Lipinski definition) is 6. The van der Waals surface area contributed by atoms with Crippen LogP contribution >= 0.6 is 0 Å². The third-order valence-electron chi connectivity index (χ3n) is 5.47. The summed E-state index contributed by atoms with van der Waals surface area (Å²) in [5.74, 6) is -0.912. The van der Waals surface area contributed by atoms with Gasteiger partial charge < -0.3 is 19.5 Å². The molecule has 3 aromatic rings. The zero-order chi connectivity index (χ0) is 24.5. The number of halogens is 1. The minimum Gasteiger partial charge on any atom is -0.489 e. The van der Waals surface area contributed by atoms with Gasteiger partial charge in [0.2, 0.25) is 0 Å². The maximum atomic E-state index is 13.0. The summed E-state index contributed by atoms with van der Waals surface area (Å²) in [7, 11) is 0. The van der Waals surface area contributed by atoms with Gasteiger partial charge in [0.15, 0.2) is 6.61 Å². The molecular formula is C27H27FN2O5. The first-order chi connectivity index (χ1) is 17.0. The van der Waals surface area contributed by atoms with Crippen molar-refractivity contribution in [3.8, 4) is 5.75 Å². The minimum absolute atomic E-state index is 0.229. The first-order valence-electron chi connectivity index (χ1n) is 11.4. The van der Waals surface area contributed by atoms with Gasteiger partial charge in [-0.2, -0.15) is 0 Å². The standard InChI is InChI=1S/C27H27FN2O5/c28-23-8-4-21(5-9-23)18-34-25-3-1-2-22(16-25)27(32)35-19-26(31)29-24-10-6-20(7-11-24)17-30-12-14-33-15-13-30/h1-11,16H,12-15,17-19H2,(H,29,31). The summed E-state index contributed by atoms with van der Waals surface area (Å²) in [6.07, 6.45) is 0. The fraction of sp³-hybridized carbons (Fsp3) is 0.259. The molecule has 35 heavy (non-hydrogen) atoms. The fourth-order valence-corrected chi connectivity index (χ4v) is 3.58. The van der Waals surface area contributed by atoms with E-state index < -0.39 is 18.5 Å². The summed E-state index contributed by atoms with van der Waals surface area (Å²) in [6.45, 7) is 3.98. The van der Waals surface area contributed by atoms with Gasteiger partial charge >= 0.3 is 5.97 Å². The number of amides is 1. The van der Waals surface area contributed by atoms with Crippen molar-refractivity contribution in [3.63, 3.8) is 0 Å². The Morgan fingerprint density at radius 3 is 2.40 bits per heavy atom. The van der Waals surface area contributed by atoms with Gasteiger partial charge in [-0.1, -0.05) is 30.3 Å². The monoisotopic (exact) mass is 478 g/mol. The Morgan fingerprint density at radius 2 is 1.66 bits per heavy atom. The minimum atomic E-state index is -0.631. The summed E-state index contributed by atoms with van der Waals surface area (Å²) in [5, 5.41) is 2.73. The van der Waals surface area contributed by atoms with Crippen molar-refractivity contribution in [2.45, 2.75) is 13.2 Å². The molecule has 4 rings (SSSR count). The topological polar surface area (TPSA) is 77.1 Å². The Labute approximate surface area is 203 Å². The molecule has 1 N–H and O–H groups in total. The van der Waals surface area contributed by atoms with E-state index in [4.69, 9.17) is 14.2 Å². The van der Waals surface area contributed by atoms with Crippen molar-refractivity contribution in [2.24, 2.45) is 0 Å². The van der Waals surface area contributed by atoms with E-state index in [1.807, 2.05) is 24.3 Å². The molecule has 0 aliphatic carbocycles. The molecule has 1 aliphatic rings. The first-order valence-corrected chi connectivity index (χ1v) is 11.4. The molecule has 0 saturated carbocycles. The van der Waals surface area contributed by atoms with E-state index in [1.165, 1.54) is 18.2 Å². The molecule has 182 valence electrons. The number of morpholine rings is 1. The van der Waals surface area contributed by atoms with Crippen LogP contribution in [0, 0.1) is 5.82 Å². The Hall–Kier alpha value is -3.75. The quantitative estimate of drug-likeness (QED) is 0.468. The number of carbonyl (C=O) groups excluding carboxylic acids is 2. The van der Waals surface area contributed by atoms with Crippen LogP contribution in [0.3, 0.4) is 0 Å². The predicted molar refractivity (Wildman–Crippen MR) is 129 cm³/mol. The second kappa shape index (κ2) is 12.1. The van der Waals surface area contributed by atoms with Crippen molar-refractivity contribution in [3.05, 3.63) is 95.3 Å². The Balaban J connectivity index is 1.22. The summed E-state index contributed by atoms with van der Waals surface area (Å²) in [5.41, 5.74) is 2.85. The first kappa shape index (κ1) is 24.4. The lowest BCUT2D eigenvalue weighted by molar-refractivity contribution is -0.119. The SMILES string of the molecule is O=C(COC(=O)c1cccc(OCc2ccc(F)cc2)c1)Nc1ccc(CN2CCOCC2)cc1. The highest BCUT2D eigenvalue weighted by atomic mass is 19.1. The van der Waals surface area contributed by atoms with E-state index in [-0.39, 0.29) is 18.0 Å². The summed E-state index contributed by atoms with van der Waals surface area (Å²) in [6, 6.07) is 20.1. The predicted octanol–water partition coefficient (Wildman–Crippen LogP) is 4.03. The average molecular weight is 479 g/mol. The third-order valence-corrected chi connectivity index (χ3v) is 5.47. The summed E-state index contributed by atoms with van der Waals surface area (Å²) >= 11 is 0. The molecule has 3 aromatic carbocycles. The molecular weight excluding hydrogens is 451 g/mol. The van der Waals surface area contributed by atoms with Crippen LogP contribution < -0.4 is 10.1 Å². The molecule has 1 aliphatic heterocycles. The Kier molecular flexibility index (Phi) is 8.43. The molecule has 8 heteroatoms. The number of nitrogens with zero attached hydrogens (tertiary/aromatic N) is 1. The number of esters is 1. The van der Waals surface area contributed by atoms with Gasteiger partial charge in [0.1, 0.15) is 18.2 Å². The van der Waals surface area contributed by atoms with Crippen LogP contribution in [0.1, 0.15) is 21.5 Å². The number of benzene rings is 3. The van der Waals surface area contributed by atoms with Crippen LogP contribution in [0.2, 0.25) is 0 Å². The van der Waals surface area contributed by atoms with E-state index in [9.17, 15) is 14.0 Å². The number of carbonyl (C=O) groups is 2. The van der Waals surface area contributed by atoms with Crippen LogP contribution in [-0.4, -0.2) is 49.7 Å². The second-order valence-electron chi connectivity index (χ2n) is 8.15. The Morgan fingerprint density at radius 1 is 0.943 bits per heavy atom. The van der Waals surface area contributed by atoms with Gasteiger partial charge in [-0.05, 0) is 53.6 Å². The summed E-state index contributed by atoms with van der Waals surface area (Å²) < 4.78 is 29.2. The molecule has 0 spiro atoms. The normalized spacial score (nSPS) is 13.7. The third kappa shape index (κ3) is 7.63. The van der Waals surface area contributed by atoms with Gasteiger partial charge in [0.05, 0.1) is 18.8 Å². The molecule has 0 aromatic heterocycles. The molecule has 1 fully saturated rings. The van der Waals surface area contributed by atoms with Crippen molar-refractivity contribution in [1.82, 2.24) is 4.90 Å². The highest BCUT2D eigenvalue weighted by Crippen LogP contribution is 2.17. The van der Waals surface area contributed by atoms with Crippen LogP contribution in [0.4, 0.5) is 10.1 Å². The van der Waals surface area contributed by atoms with E-state index in [0.29, 0.717) is 11.4 Å². The largest absolute Gasteiger partial charge is 0.489 e. The van der Waals surface area contributed by atoms with Crippen LogP contribution in [0.15, 0.2) is 72.8 Å². The highest BCUT2D eigenvalue weighted by molar-refractivity contribution is 5.95. The van der Waals surface area contributed by atoms with Crippen LogP contribution in [-0.2, 0) is 27.4 Å².